The van der Waals surface area contributed by atoms with Crippen LogP contribution in [0.1, 0.15) is 30.3 Å². The summed E-state index contributed by atoms with van der Waals surface area (Å²) in [5, 5.41) is 14.7. The number of rotatable bonds is 5. The van der Waals surface area contributed by atoms with Gasteiger partial charge in [0.05, 0.1) is 13.3 Å². The van der Waals surface area contributed by atoms with Crippen LogP contribution in [0.3, 0.4) is 0 Å². The number of hydrogen-bond acceptors (Lipinski definition) is 5. The van der Waals surface area contributed by atoms with Crippen molar-refractivity contribution < 1.29 is 14.3 Å². The second kappa shape index (κ2) is 7.34. The van der Waals surface area contributed by atoms with E-state index in [1.807, 2.05) is 13.0 Å². The average molecular weight is 382 g/mol. The number of fused-ring (bicyclic) bond motifs is 1. The number of nitrogens with zero attached hydrogens (tertiary/aromatic N) is 4. The van der Waals surface area contributed by atoms with Gasteiger partial charge in [-0.3, -0.25) is 19.6 Å². The zero-order valence-corrected chi connectivity index (χ0v) is 15.8. The minimum atomic E-state index is -0.598. The van der Waals surface area contributed by atoms with Crippen LogP contribution >= 0.6 is 0 Å². The molecule has 2 amide bonds. The number of nitrogens with one attached hydrogen (secondary N) is 2. The molecule has 1 saturated heterocycles. The van der Waals surface area contributed by atoms with Gasteiger partial charge in [-0.05, 0) is 25.8 Å². The number of hydrogen-bond donors (Lipinski definition) is 2. The minimum Gasteiger partial charge on any atom is -0.494 e. The van der Waals surface area contributed by atoms with Gasteiger partial charge < -0.3 is 10.1 Å². The molecule has 1 fully saturated rings. The van der Waals surface area contributed by atoms with Crippen molar-refractivity contribution in [3.63, 3.8) is 0 Å². The first kappa shape index (κ1) is 18.0. The number of benzene rings is 1. The van der Waals surface area contributed by atoms with Crippen LogP contribution in [-0.4, -0.2) is 51.5 Å². The zero-order chi connectivity index (χ0) is 19.7. The Labute approximate surface area is 161 Å². The van der Waals surface area contributed by atoms with E-state index in [0.717, 1.165) is 12.2 Å². The van der Waals surface area contributed by atoms with Crippen LogP contribution in [0, 0.1) is 0 Å². The number of carbonyl (C=O) groups is 2. The van der Waals surface area contributed by atoms with Crippen molar-refractivity contribution in [1.29, 1.82) is 0 Å². The lowest BCUT2D eigenvalue weighted by Crippen LogP contribution is -2.53. The highest BCUT2D eigenvalue weighted by atomic mass is 16.5. The fourth-order valence-corrected chi connectivity index (χ4v) is 3.62. The van der Waals surface area contributed by atoms with Gasteiger partial charge in [0.15, 0.2) is 5.69 Å². The summed E-state index contributed by atoms with van der Waals surface area (Å²) in [6.45, 7) is 3.25. The Morgan fingerprint density at radius 3 is 3.04 bits per heavy atom. The Morgan fingerprint density at radius 1 is 1.39 bits per heavy atom. The number of amides is 2. The molecule has 9 heteroatoms. The van der Waals surface area contributed by atoms with Gasteiger partial charge in [0.2, 0.25) is 0 Å². The number of aryl methyl sites for hydroxylation is 1. The molecule has 0 saturated carbocycles. The second-order valence-corrected chi connectivity index (χ2v) is 6.62. The number of aromatic nitrogens is 4. The van der Waals surface area contributed by atoms with Crippen LogP contribution in [-0.2, 0) is 11.3 Å². The van der Waals surface area contributed by atoms with E-state index in [4.69, 9.17) is 4.74 Å². The van der Waals surface area contributed by atoms with Crippen LogP contribution < -0.4 is 15.0 Å². The number of anilines is 1. The van der Waals surface area contributed by atoms with E-state index in [-0.39, 0.29) is 17.5 Å². The van der Waals surface area contributed by atoms with Gasteiger partial charge in [-0.2, -0.15) is 10.2 Å². The number of ether oxygens (including phenoxy) is 1. The lowest BCUT2D eigenvalue weighted by Gasteiger charge is -2.32. The third-order valence-corrected chi connectivity index (χ3v) is 5.01. The van der Waals surface area contributed by atoms with Crippen LogP contribution in [0.25, 0.3) is 10.9 Å². The lowest BCUT2D eigenvalue weighted by molar-refractivity contribution is -0.121. The number of methoxy groups -OCH3 is 1. The zero-order valence-electron chi connectivity index (χ0n) is 15.8. The van der Waals surface area contributed by atoms with Gasteiger partial charge in [-0.15, -0.1) is 0 Å². The summed E-state index contributed by atoms with van der Waals surface area (Å²) in [5.41, 5.74) is 0.899. The van der Waals surface area contributed by atoms with E-state index in [1.54, 1.807) is 41.1 Å². The summed E-state index contributed by atoms with van der Waals surface area (Å²) in [7, 11) is 1.56. The molecule has 2 N–H and O–H groups in total. The molecule has 4 rings (SSSR count). The number of piperidine rings is 1. The Balaban J connectivity index is 1.55. The summed E-state index contributed by atoms with van der Waals surface area (Å²) in [5.74, 6) is 0.842. The lowest BCUT2D eigenvalue weighted by atomic mass is 10.0. The molecular weight excluding hydrogens is 360 g/mol. The molecule has 2 aromatic heterocycles. The minimum absolute atomic E-state index is 0.132. The Morgan fingerprint density at radius 2 is 2.25 bits per heavy atom. The normalized spacial score (nSPS) is 17.1. The highest BCUT2D eigenvalue weighted by molar-refractivity contribution is 6.08. The van der Waals surface area contributed by atoms with Gasteiger partial charge in [0, 0.05) is 24.5 Å². The Kier molecular flexibility index (Phi) is 4.72. The molecule has 28 heavy (non-hydrogen) atoms. The van der Waals surface area contributed by atoms with Crippen molar-refractivity contribution in [2.24, 2.45) is 0 Å². The first-order valence-corrected chi connectivity index (χ1v) is 9.29. The molecule has 3 heterocycles. The molecule has 146 valence electrons. The predicted molar refractivity (Wildman–Crippen MR) is 103 cm³/mol. The SMILES string of the molecule is CCn1nccc1N1CCCC(NC(=O)c2n[nH]c3c(OC)cccc23)C1=O. The summed E-state index contributed by atoms with van der Waals surface area (Å²) >= 11 is 0. The van der Waals surface area contributed by atoms with Gasteiger partial charge >= 0.3 is 0 Å². The highest BCUT2D eigenvalue weighted by Gasteiger charge is 2.33. The molecule has 0 bridgehead atoms. The summed E-state index contributed by atoms with van der Waals surface area (Å²) in [6, 6.07) is 6.61. The second-order valence-electron chi connectivity index (χ2n) is 6.62. The third kappa shape index (κ3) is 2.98. The largest absolute Gasteiger partial charge is 0.494 e. The highest BCUT2D eigenvalue weighted by Crippen LogP contribution is 2.26. The van der Waals surface area contributed by atoms with E-state index >= 15 is 0 Å². The van der Waals surface area contributed by atoms with E-state index in [0.29, 0.717) is 36.2 Å². The molecule has 9 nitrogen and oxygen atoms in total. The van der Waals surface area contributed by atoms with Crippen molar-refractivity contribution >= 4 is 28.5 Å². The van der Waals surface area contributed by atoms with Crippen molar-refractivity contribution in [3.8, 4) is 5.75 Å². The molecule has 0 spiro atoms. The molecule has 1 aliphatic rings. The number of H-pyrrole nitrogens is 1. The van der Waals surface area contributed by atoms with Crippen LogP contribution in [0.15, 0.2) is 30.5 Å². The first-order chi connectivity index (χ1) is 13.6. The first-order valence-electron chi connectivity index (χ1n) is 9.29. The van der Waals surface area contributed by atoms with E-state index < -0.39 is 6.04 Å². The third-order valence-electron chi connectivity index (χ3n) is 5.01. The molecule has 3 aromatic rings. The van der Waals surface area contributed by atoms with Crippen LogP contribution in [0.2, 0.25) is 0 Å². The van der Waals surface area contributed by atoms with Crippen molar-refractivity contribution in [3.05, 3.63) is 36.2 Å². The van der Waals surface area contributed by atoms with Crippen molar-refractivity contribution in [1.82, 2.24) is 25.3 Å². The molecule has 1 atom stereocenters. The Hall–Kier alpha value is -3.36. The molecule has 1 aromatic carbocycles. The van der Waals surface area contributed by atoms with Gasteiger partial charge in [0.25, 0.3) is 11.8 Å². The molecule has 1 aliphatic heterocycles. The van der Waals surface area contributed by atoms with E-state index in [9.17, 15) is 9.59 Å². The molecule has 1 unspecified atom stereocenters. The topological polar surface area (TPSA) is 105 Å². The molecule has 0 aliphatic carbocycles. The standard InChI is InChI=1S/C19H22N6O3/c1-3-25-15(9-10-20-25)24-11-5-7-13(19(24)27)21-18(26)17-12-6-4-8-14(28-2)16(12)22-23-17/h4,6,8-10,13H,3,5,7,11H2,1-2H3,(H,21,26)(H,22,23). The number of para-hydroxylation sites is 1. The van der Waals surface area contributed by atoms with E-state index in [2.05, 4.69) is 20.6 Å². The maximum absolute atomic E-state index is 13.0. The van der Waals surface area contributed by atoms with Crippen molar-refractivity contribution in [2.75, 3.05) is 18.6 Å². The maximum atomic E-state index is 13.0. The fourth-order valence-electron chi connectivity index (χ4n) is 3.62. The van der Waals surface area contributed by atoms with Gasteiger partial charge in [-0.1, -0.05) is 12.1 Å². The van der Waals surface area contributed by atoms with Crippen LogP contribution in [0.4, 0.5) is 5.82 Å². The summed E-state index contributed by atoms with van der Waals surface area (Å²) < 4.78 is 7.07. The Bertz CT molecular complexity index is 1020. The maximum Gasteiger partial charge on any atom is 0.273 e. The smallest absolute Gasteiger partial charge is 0.273 e. The monoisotopic (exact) mass is 382 g/mol. The summed E-state index contributed by atoms with van der Waals surface area (Å²) in [4.78, 5) is 27.5. The van der Waals surface area contributed by atoms with Gasteiger partial charge in [-0.25, -0.2) is 4.68 Å². The molecular formula is C19H22N6O3. The van der Waals surface area contributed by atoms with E-state index in [1.165, 1.54) is 0 Å². The van der Waals surface area contributed by atoms with Gasteiger partial charge in [0.1, 0.15) is 23.1 Å². The summed E-state index contributed by atoms with van der Waals surface area (Å²) in [6.07, 6.45) is 3.06. The van der Waals surface area contributed by atoms with Crippen molar-refractivity contribution in [2.45, 2.75) is 32.4 Å². The number of aromatic amines is 1. The number of carbonyl (C=O) groups excluding carboxylic acids is 2. The van der Waals surface area contributed by atoms with Crippen LogP contribution in [0.5, 0.6) is 5.75 Å². The quantitative estimate of drug-likeness (QED) is 0.699. The fraction of sp³-hybridized carbons (Fsp3) is 0.368. The molecule has 0 radical (unpaired) electrons. The predicted octanol–water partition coefficient (Wildman–Crippen LogP) is 1.71. The average Bonchev–Trinajstić information content (AvgIpc) is 3.36.